The molecule has 102 valence electrons. The lowest BCUT2D eigenvalue weighted by Crippen LogP contribution is -2.13. The zero-order valence-corrected chi connectivity index (χ0v) is 13.5. The molecule has 2 aromatic rings. The van der Waals surface area contributed by atoms with Crippen LogP contribution in [0.4, 0.5) is 0 Å². The first-order chi connectivity index (χ1) is 9.09. The van der Waals surface area contributed by atoms with Crippen molar-refractivity contribution in [2.45, 2.75) is 39.2 Å². The zero-order valence-electron chi connectivity index (χ0n) is 11.1. The lowest BCUT2D eigenvalue weighted by atomic mass is 10.1. The van der Waals surface area contributed by atoms with E-state index in [1.165, 1.54) is 4.88 Å². The van der Waals surface area contributed by atoms with Gasteiger partial charge in [-0.15, -0.1) is 11.3 Å². The maximum absolute atomic E-state index is 12.3. The van der Waals surface area contributed by atoms with Crippen molar-refractivity contribution in [3.63, 3.8) is 0 Å². The van der Waals surface area contributed by atoms with Gasteiger partial charge in [-0.25, -0.2) is 0 Å². The highest BCUT2D eigenvalue weighted by atomic mass is 79.9. The van der Waals surface area contributed by atoms with E-state index < -0.39 is 0 Å². The SMILES string of the molecule is CC(C)n1ncc(Br)c1C(=O)CCCc1cccs1. The van der Waals surface area contributed by atoms with Crippen LogP contribution < -0.4 is 0 Å². The van der Waals surface area contributed by atoms with Crippen LogP contribution in [0.1, 0.15) is 48.1 Å². The summed E-state index contributed by atoms with van der Waals surface area (Å²) in [6.45, 7) is 4.06. The lowest BCUT2D eigenvalue weighted by molar-refractivity contribution is 0.0967. The number of ketones is 1. The topological polar surface area (TPSA) is 34.9 Å². The molecular formula is C14H17BrN2OS. The maximum Gasteiger partial charge on any atom is 0.182 e. The van der Waals surface area contributed by atoms with Gasteiger partial charge in [0.1, 0.15) is 5.69 Å². The average Bonchev–Trinajstić information content (AvgIpc) is 2.98. The zero-order chi connectivity index (χ0) is 13.8. The van der Waals surface area contributed by atoms with E-state index in [4.69, 9.17) is 0 Å². The Balaban J connectivity index is 1.98. The number of halogens is 1. The fourth-order valence-electron chi connectivity index (χ4n) is 1.99. The molecule has 5 heteroatoms. The predicted molar refractivity (Wildman–Crippen MR) is 81.9 cm³/mol. The van der Waals surface area contributed by atoms with Crippen molar-refractivity contribution in [1.29, 1.82) is 0 Å². The van der Waals surface area contributed by atoms with E-state index in [0.29, 0.717) is 12.1 Å². The lowest BCUT2D eigenvalue weighted by Gasteiger charge is -2.10. The van der Waals surface area contributed by atoms with E-state index >= 15 is 0 Å². The monoisotopic (exact) mass is 340 g/mol. The van der Waals surface area contributed by atoms with Gasteiger partial charge in [-0.2, -0.15) is 5.10 Å². The Morgan fingerprint density at radius 2 is 2.32 bits per heavy atom. The molecule has 0 aliphatic carbocycles. The number of aromatic nitrogens is 2. The first-order valence-electron chi connectivity index (χ1n) is 6.38. The van der Waals surface area contributed by atoms with Gasteiger partial charge in [0.25, 0.3) is 0 Å². The average molecular weight is 341 g/mol. The smallest absolute Gasteiger partial charge is 0.182 e. The number of carbonyl (C=O) groups is 1. The van der Waals surface area contributed by atoms with Gasteiger partial charge in [-0.1, -0.05) is 6.07 Å². The molecule has 0 bridgehead atoms. The Morgan fingerprint density at radius 3 is 2.95 bits per heavy atom. The van der Waals surface area contributed by atoms with Crippen LogP contribution in [0.15, 0.2) is 28.2 Å². The fraction of sp³-hybridized carbons (Fsp3) is 0.429. The van der Waals surface area contributed by atoms with E-state index in [1.54, 1.807) is 22.2 Å². The van der Waals surface area contributed by atoms with Crippen LogP contribution >= 0.6 is 27.3 Å². The number of carbonyl (C=O) groups excluding carboxylic acids is 1. The number of Topliss-reactive ketones (excluding diaryl/α,β-unsaturated/α-hetero) is 1. The standard InChI is InChI=1S/C14H17BrN2OS/c1-10(2)17-14(12(15)9-16-17)13(18)7-3-5-11-6-4-8-19-11/h4,6,8-10H,3,5,7H2,1-2H3. The summed E-state index contributed by atoms with van der Waals surface area (Å²) in [4.78, 5) is 13.6. The second-order valence-electron chi connectivity index (χ2n) is 4.74. The quantitative estimate of drug-likeness (QED) is 0.726. The summed E-state index contributed by atoms with van der Waals surface area (Å²) < 4.78 is 2.58. The minimum atomic E-state index is 0.162. The molecule has 0 aliphatic rings. The molecule has 3 nitrogen and oxygen atoms in total. The molecule has 0 fully saturated rings. The molecule has 2 rings (SSSR count). The number of hydrogen-bond acceptors (Lipinski definition) is 3. The Morgan fingerprint density at radius 1 is 1.53 bits per heavy atom. The van der Waals surface area contributed by atoms with Crippen molar-refractivity contribution in [3.8, 4) is 0 Å². The highest BCUT2D eigenvalue weighted by Crippen LogP contribution is 2.22. The molecule has 0 radical (unpaired) electrons. The Hall–Kier alpha value is -0.940. The third-order valence-electron chi connectivity index (χ3n) is 2.91. The van der Waals surface area contributed by atoms with Gasteiger partial charge in [-0.05, 0) is 54.1 Å². The summed E-state index contributed by atoms with van der Waals surface area (Å²) in [6.07, 6.45) is 4.12. The van der Waals surface area contributed by atoms with Crippen LogP contribution in [0.3, 0.4) is 0 Å². The number of hydrogen-bond donors (Lipinski definition) is 0. The Bertz CT molecular complexity index is 546. The van der Waals surface area contributed by atoms with Crippen LogP contribution in [-0.2, 0) is 6.42 Å². The van der Waals surface area contributed by atoms with Gasteiger partial charge in [0.05, 0.1) is 10.7 Å². The molecule has 0 aliphatic heterocycles. The minimum Gasteiger partial charge on any atom is -0.292 e. The first kappa shape index (κ1) is 14.5. The second-order valence-corrected chi connectivity index (χ2v) is 6.62. The number of aryl methyl sites for hydroxylation is 1. The van der Waals surface area contributed by atoms with Gasteiger partial charge in [-0.3, -0.25) is 9.48 Å². The van der Waals surface area contributed by atoms with Gasteiger partial charge >= 0.3 is 0 Å². The van der Waals surface area contributed by atoms with Crippen molar-refractivity contribution in [3.05, 3.63) is 38.8 Å². The highest BCUT2D eigenvalue weighted by Gasteiger charge is 2.18. The van der Waals surface area contributed by atoms with Crippen molar-refractivity contribution in [2.24, 2.45) is 0 Å². The van der Waals surface area contributed by atoms with Crippen molar-refractivity contribution < 1.29 is 4.79 Å². The molecule has 0 N–H and O–H groups in total. The van der Waals surface area contributed by atoms with E-state index in [1.807, 2.05) is 19.9 Å². The van der Waals surface area contributed by atoms with Crippen molar-refractivity contribution in [1.82, 2.24) is 9.78 Å². The molecule has 0 saturated heterocycles. The number of thiophene rings is 1. The molecule has 19 heavy (non-hydrogen) atoms. The van der Waals surface area contributed by atoms with E-state index in [2.05, 4.69) is 32.5 Å². The normalized spacial score (nSPS) is 11.2. The van der Waals surface area contributed by atoms with E-state index in [-0.39, 0.29) is 11.8 Å². The third-order valence-corrected chi connectivity index (χ3v) is 4.43. The second kappa shape index (κ2) is 6.48. The minimum absolute atomic E-state index is 0.162. The Labute approximate surface area is 125 Å². The Kier molecular flexibility index (Phi) is 4.93. The molecule has 2 heterocycles. The maximum atomic E-state index is 12.3. The molecule has 0 unspecified atom stereocenters. The van der Waals surface area contributed by atoms with Gasteiger partial charge in [0.15, 0.2) is 5.78 Å². The summed E-state index contributed by atoms with van der Waals surface area (Å²) in [6, 6.07) is 4.36. The predicted octanol–water partition coefficient (Wildman–Crippen LogP) is 4.49. The summed E-state index contributed by atoms with van der Waals surface area (Å²) in [5.74, 6) is 0.162. The molecule has 0 saturated carbocycles. The molecule has 0 atom stereocenters. The molecule has 0 aromatic carbocycles. The van der Waals surface area contributed by atoms with E-state index in [0.717, 1.165) is 17.3 Å². The molecule has 2 aromatic heterocycles. The van der Waals surface area contributed by atoms with Gasteiger partial charge in [0.2, 0.25) is 0 Å². The summed E-state index contributed by atoms with van der Waals surface area (Å²) in [7, 11) is 0. The molecule has 0 spiro atoms. The largest absolute Gasteiger partial charge is 0.292 e. The number of rotatable bonds is 6. The van der Waals surface area contributed by atoms with Crippen molar-refractivity contribution >= 4 is 33.0 Å². The molecular weight excluding hydrogens is 324 g/mol. The number of nitrogens with zero attached hydrogens (tertiary/aromatic N) is 2. The van der Waals surface area contributed by atoms with Gasteiger partial charge in [0, 0.05) is 17.3 Å². The highest BCUT2D eigenvalue weighted by molar-refractivity contribution is 9.10. The van der Waals surface area contributed by atoms with Crippen LogP contribution in [-0.4, -0.2) is 15.6 Å². The summed E-state index contributed by atoms with van der Waals surface area (Å²) >= 11 is 5.16. The van der Waals surface area contributed by atoms with Crippen molar-refractivity contribution in [2.75, 3.05) is 0 Å². The van der Waals surface area contributed by atoms with Crippen LogP contribution in [0.5, 0.6) is 0 Å². The van der Waals surface area contributed by atoms with Crippen LogP contribution in [0.2, 0.25) is 0 Å². The first-order valence-corrected chi connectivity index (χ1v) is 8.05. The summed E-state index contributed by atoms with van der Waals surface area (Å²) in [5.41, 5.74) is 0.696. The fourth-order valence-corrected chi connectivity index (χ4v) is 3.24. The van der Waals surface area contributed by atoms with E-state index in [9.17, 15) is 4.79 Å². The molecule has 0 amide bonds. The van der Waals surface area contributed by atoms with Crippen LogP contribution in [0, 0.1) is 0 Å². The summed E-state index contributed by atoms with van der Waals surface area (Å²) in [5, 5.41) is 6.32. The van der Waals surface area contributed by atoms with Gasteiger partial charge < -0.3 is 0 Å². The third kappa shape index (κ3) is 3.54. The van der Waals surface area contributed by atoms with Crippen LogP contribution in [0.25, 0.3) is 0 Å².